The van der Waals surface area contributed by atoms with Crippen LogP contribution in [0.3, 0.4) is 0 Å². The second-order valence-electron chi connectivity index (χ2n) is 4.22. The van der Waals surface area contributed by atoms with Crippen LogP contribution in [0.1, 0.15) is 33.6 Å². The van der Waals surface area contributed by atoms with E-state index in [9.17, 15) is 0 Å². The van der Waals surface area contributed by atoms with Gasteiger partial charge in [0, 0.05) is 12.6 Å². The maximum atomic E-state index is 4.57. The van der Waals surface area contributed by atoms with Crippen LogP contribution in [0, 0.1) is 0 Å². The maximum Gasteiger partial charge on any atom is 0.226 e. The zero-order chi connectivity index (χ0) is 13.0. The lowest BCUT2D eigenvalue weighted by Crippen LogP contribution is -2.18. The van der Waals surface area contributed by atoms with Crippen molar-refractivity contribution in [3.8, 4) is 0 Å². The number of rotatable bonds is 6. The number of aromatic nitrogens is 2. The van der Waals surface area contributed by atoms with E-state index in [1.807, 2.05) is 0 Å². The van der Waals surface area contributed by atoms with Gasteiger partial charge in [0.15, 0.2) is 0 Å². The second kappa shape index (κ2) is 6.00. The molecule has 0 aliphatic carbocycles. The molecule has 98 valence electrons. The molecule has 0 aromatic carbocycles. The van der Waals surface area contributed by atoms with E-state index in [1.54, 1.807) is 11.3 Å². The van der Waals surface area contributed by atoms with Gasteiger partial charge in [-0.05, 0) is 31.2 Å². The van der Waals surface area contributed by atoms with Crippen LogP contribution in [-0.4, -0.2) is 22.6 Å². The molecule has 0 atom stereocenters. The summed E-state index contributed by atoms with van der Waals surface area (Å²) in [4.78, 5) is 10.1. The number of fused-ring (bicyclic) bond motifs is 1. The molecule has 0 fully saturated rings. The highest BCUT2D eigenvalue weighted by Crippen LogP contribution is 2.27. The van der Waals surface area contributed by atoms with Gasteiger partial charge in [0.2, 0.25) is 5.95 Å². The van der Waals surface area contributed by atoms with Crippen molar-refractivity contribution in [2.24, 2.45) is 0 Å². The molecule has 0 saturated carbocycles. The van der Waals surface area contributed by atoms with E-state index in [0.717, 1.165) is 35.4 Å². The lowest BCUT2D eigenvalue weighted by Gasteiger charge is -2.16. The first-order valence-corrected chi connectivity index (χ1v) is 7.42. The predicted octanol–water partition coefficient (Wildman–Crippen LogP) is 3.72. The third kappa shape index (κ3) is 2.72. The first-order valence-electron chi connectivity index (χ1n) is 6.54. The smallest absolute Gasteiger partial charge is 0.226 e. The van der Waals surface area contributed by atoms with E-state index in [2.05, 4.69) is 52.8 Å². The topological polar surface area (TPSA) is 49.8 Å². The van der Waals surface area contributed by atoms with Gasteiger partial charge in [-0.3, -0.25) is 0 Å². The van der Waals surface area contributed by atoms with E-state index in [0.29, 0.717) is 12.0 Å². The summed E-state index contributed by atoms with van der Waals surface area (Å²) in [5, 5.41) is 9.89. The van der Waals surface area contributed by atoms with Crippen molar-refractivity contribution in [1.29, 1.82) is 0 Å². The summed E-state index contributed by atoms with van der Waals surface area (Å²) < 4.78 is 0. The average molecular weight is 264 g/mol. The van der Waals surface area contributed by atoms with Crippen LogP contribution in [0.2, 0.25) is 0 Å². The van der Waals surface area contributed by atoms with Crippen LogP contribution >= 0.6 is 11.3 Å². The van der Waals surface area contributed by atoms with E-state index in [4.69, 9.17) is 0 Å². The van der Waals surface area contributed by atoms with Gasteiger partial charge in [-0.25, -0.2) is 4.98 Å². The Balaban J connectivity index is 2.36. The fraction of sp³-hybridized carbons (Fsp3) is 0.538. The minimum Gasteiger partial charge on any atom is -0.367 e. The van der Waals surface area contributed by atoms with Gasteiger partial charge in [0.1, 0.15) is 10.6 Å². The van der Waals surface area contributed by atoms with Crippen LogP contribution in [0.4, 0.5) is 11.8 Å². The zero-order valence-corrected chi connectivity index (χ0v) is 12.0. The summed E-state index contributed by atoms with van der Waals surface area (Å²) in [5.74, 6) is 1.66. The molecule has 2 heterocycles. The Labute approximate surface area is 112 Å². The second-order valence-corrected chi connectivity index (χ2v) is 5.12. The Morgan fingerprint density at radius 3 is 2.67 bits per heavy atom. The van der Waals surface area contributed by atoms with Crippen LogP contribution < -0.4 is 10.6 Å². The first kappa shape index (κ1) is 13.1. The summed E-state index contributed by atoms with van der Waals surface area (Å²) in [6.07, 6.45) is 2.20. The third-order valence-electron chi connectivity index (χ3n) is 2.99. The summed E-state index contributed by atoms with van der Waals surface area (Å²) in [6.45, 7) is 7.27. The predicted molar refractivity (Wildman–Crippen MR) is 79.6 cm³/mol. The van der Waals surface area contributed by atoms with Gasteiger partial charge < -0.3 is 10.6 Å². The fourth-order valence-electron chi connectivity index (χ4n) is 1.89. The standard InChI is InChI=1S/C13H20N4S/c1-4-9(5-2)15-11-10-7-8-18-12(10)17-13(16-11)14-6-3/h7-9H,4-6H2,1-3H3,(H2,14,15,16,17). The highest BCUT2D eigenvalue weighted by atomic mass is 32.1. The average Bonchev–Trinajstić information content (AvgIpc) is 2.84. The minimum absolute atomic E-state index is 0.470. The molecule has 0 unspecified atom stereocenters. The molecule has 2 aromatic heterocycles. The monoisotopic (exact) mass is 264 g/mol. The summed E-state index contributed by atoms with van der Waals surface area (Å²) >= 11 is 1.65. The van der Waals surface area contributed by atoms with Crippen LogP contribution in [0.25, 0.3) is 10.2 Å². The van der Waals surface area contributed by atoms with Gasteiger partial charge in [0.25, 0.3) is 0 Å². The van der Waals surface area contributed by atoms with Crippen molar-refractivity contribution in [2.75, 3.05) is 17.2 Å². The van der Waals surface area contributed by atoms with E-state index in [-0.39, 0.29) is 0 Å². The van der Waals surface area contributed by atoms with Gasteiger partial charge in [-0.1, -0.05) is 13.8 Å². The van der Waals surface area contributed by atoms with Gasteiger partial charge in [0.05, 0.1) is 5.39 Å². The molecule has 0 spiro atoms. The number of hydrogen-bond acceptors (Lipinski definition) is 5. The van der Waals surface area contributed by atoms with E-state index in [1.165, 1.54) is 0 Å². The van der Waals surface area contributed by atoms with Crippen molar-refractivity contribution in [2.45, 2.75) is 39.7 Å². The lowest BCUT2D eigenvalue weighted by atomic mass is 10.2. The molecule has 0 aliphatic heterocycles. The summed E-state index contributed by atoms with van der Waals surface area (Å²) in [7, 11) is 0. The molecule has 2 rings (SSSR count). The molecule has 5 heteroatoms. The van der Waals surface area contributed by atoms with Crippen molar-refractivity contribution in [1.82, 2.24) is 9.97 Å². The molecular formula is C13H20N4S. The fourth-order valence-corrected chi connectivity index (χ4v) is 2.65. The Morgan fingerprint density at radius 1 is 1.22 bits per heavy atom. The molecule has 0 radical (unpaired) electrons. The van der Waals surface area contributed by atoms with E-state index >= 15 is 0 Å². The largest absolute Gasteiger partial charge is 0.367 e. The molecule has 0 amide bonds. The van der Waals surface area contributed by atoms with Crippen LogP contribution in [0.5, 0.6) is 0 Å². The maximum absolute atomic E-state index is 4.57. The highest BCUT2D eigenvalue weighted by Gasteiger charge is 2.11. The molecule has 18 heavy (non-hydrogen) atoms. The lowest BCUT2D eigenvalue weighted by molar-refractivity contribution is 0.669. The van der Waals surface area contributed by atoms with Gasteiger partial charge in [-0.2, -0.15) is 4.98 Å². The quantitative estimate of drug-likeness (QED) is 0.835. The number of hydrogen-bond donors (Lipinski definition) is 2. The summed E-state index contributed by atoms with van der Waals surface area (Å²) in [6, 6.07) is 2.55. The molecule has 0 aliphatic rings. The van der Waals surface area contributed by atoms with E-state index < -0.39 is 0 Å². The minimum atomic E-state index is 0.470. The molecule has 4 nitrogen and oxygen atoms in total. The van der Waals surface area contributed by atoms with Gasteiger partial charge in [-0.15, -0.1) is 11.3 Å². The number of nitrogens with zero attached hydrogens (tertiary/aromatic N) is 2. The van der Waals surface area contributed by atoms with Crippen LogP contribution in [-0.2, 0) is 0 Å². The van der Waals surface area contributed by atoms with Gasteiger partial charge >= 0.3 is 0 Å². The highest BCUT2D eigenvalue weighted by molar-refractivity contribution is 7.16. The van der Waals surface area contributed by atoms with Crippen LogP contribution in [0.15, 0.2) is 11.4 Å². The van der Waals surface area contributed by atoms with Crippen molar-refractivity contribution < 1.29 is 0 Å². The SMILES string of the molecule is CCNc1nc(NC(CC)CC)c2ccsc2n1. The Kier molecular flexibility index (Phi) is 4.36. The third-order valence-corrected chi connectivity index (χ3v) is 3.79. The normalized spacial score (nSPS) is 11.1. The molecule has 0 saturated heterocycles. The number of anilines is 2. The van der Waals surface area contributed by atoms with Crippen molar-refractivity contribution in [3.63, 3.8) is 0 Å². The molecule has 2 aromatic rings. The van der Waals surface area contributed by atoms with Crippen molar-refractivity contribution in [3.05, 3.63) is 11.4 Å². The zero-order valence-electron chi connectivity index (χ0n) is 11.2. The Hall–Kier alpha value is -1.36. The van der Waals surface area contributed by atoms with Crippen molar-refractivity contribution >= 4 is 33.3 Å². The Morgan fingerprint density at radius 2 is 2.00 bits per heavy atom. The molecule has 0 bridgehead atoms. The number of nitrogens with one attached hydrogen (secondary N) is 2. The molecular weight excluding hydrogens is 244 g/mol. The molecule has 2 N–H and O–H groups in total. The Bertz CT molecular complexity index is 505. The number of thiophene rings is 1. The summed E-state index contributed by atoms with van der Waals surface area (Å²) in [5.41, 5.74) is 0. The first-order chi connectivity index (χ1) is 8.78.